The van der Waals surface area contributed by atoms with Gasteiger partial charge in [0.15, 0.2) is 0 Å². The molecule has 0 saturated heterocycles. The quantitative estimate of drug-likeness (QED) is 0.857. The molecule has 3 nitrogen and oxygen atoms in total. The Morgan fingerprint density at radius 2 is 2.18 bits per heavy atom. The van der Waals surface area contributed by atoms with E-state index in [-0.39, 0.29) is 12.1 Å². The molecule has 2 amide bonds. The fraction of sp³-hybridized carbons (Fsp3) is 0.615. The number of rotatable bonds is 5. The predicted octanol–water partition coefficient (Wildman–Crippen LogP) is 3.50. The lowest BCUT2D eigenvalue weighted by molar-refractivity contribution is 0.194. The minimum atomic E-state index is 0.00606. The van der Waals surface area contributed by atoms with Gasteiger partial charge >= 0.3 is 6.03 Å². The summed E-state index contributed by atoms with van der Waals surface area (Å²) in [5.41, 5.74) is 0. The minimum Gasteiger partial charge on any atom is -0.338 e. The smallest absolute Gasteiger partial charge is 0.317 e. The van der Waals surface area contributed by atoms with Crippen LogP contribution in [0, 0.1) is 5.92 Å². The molecule has 0 spiro atoms. The van der Waals surface area contributed by atoms with Gasteiger partial charge in [-0.1, -0.05) is 19.9 Å². The molecule has 0 aliphatic heterocycles. The molecular formula is C13H22N2OS. The summed E-state index contributed by atoms with van der Waals surface area (Å²) >= 11 is 1.68. The van der Waals surface area contributed by atoms with Gasteiger partial charge in [-0.3, -0.25) is 0 Å². The maximum atomic E-state index is 11.9. The molecule has 0 saturated carbocycles. The molecule has 0 aliphatic carbocycles. The van der Waals surface area contributed by atoms with Crippen LogP contribution in [-0.2, 0) is 0 Å². The lowest BCUT2D eigenvalue weighted by Gasteiger charge is -2.24. The van der Waals surface area contributed by atoms with Crippen LogP contribution in [0.4, 0.5) is 4.79 Å². The van der Waals surface area contributed by atoms with Gasteiger partial charge in [0.2, 0.25) is 0 Å². The van der Waals surface area contributed by atoms with Crippen molar-refractivity contribution in [2.75, 3.05) is 13.6 Å². The topological polar surface area (TPSA) is 32.3 Å². The molecule has 0 aromatic carbocycles. The summed E-state index contributed by atoms with van der Waals surface area (Å²) in [5.74, 6) is 0.621. The average molecular weight is 254 g/mol. The van der Waals surface area contributed by atoms with Gasteiger partial charge < -0.3 is 10.2 Å². The summed E-state index contributed by atoms with van der Waals surface area (Å²) in [7, 11) is 1.84. The van der Waals surface area contributed by atoms with Crippen LogP contribution in [0.15, 0.2) is 17.5 Å². The highest BCUT2D eigenvalue weighted by atomic mass is 32.1. The van der Waals surface area contributed by atoms with Crippen LogP contribution in [0.25, 0.3) is 0 Å². The van der Waals surface area contributed by atoms with Gasteiger partial charge in [0, 0.05) is 18.5 Å². The van der Waals surface area contributed by atoms with E-state index in [1.165, 1.54) is 4.88 Å². The second-order valence-corrected chi connectivity index (χ2v) is 5.70. The summed E-state index contributed by atoms with van der Waals surface area (Å²) in [6.07, 6.45) is 1.02. The monoisotopic (exact) mass is 254 g/mol. The summed E-state index contributed by atoms with van der Waals surface area (Å²) < 4.78 is 0. The zero-order valence-corrected chi connectivity index (χ0v) is 11.9. The third-order valence-corrected chi connectivity index (χ3v) is 3.90. The lowest BCUT2D eigenvalue weighted by Crippen LogP contribution is -2.39. The molecule has 1 N–H and O–H groups in total. The number of hydrogen-bond acceptors (Lipinski definition) is 2. The number of carbonyl (C=O) groups is 1. The van der Waals surface area contributed by atoms with E-state index in [0.717, 1.165) is 13.0 Å². The third kappa shape index (κ3) is 4.38. The Morgan fingerprint density at radius 1 is 1.47 bits per heavy atom. The van der Waals surface area contributed by atoms with Crippen LogP contribution < -0.4 is 5.32 Å². The zero-order valence-electron chi connectivity index (χ0n) is 11.1. The van der Waals surface area contributed by atoms with E-state index in [2.05, 4.69) is 25.2 Å². The van der Waals surface area contributed by atoms with Crippen molar-refractivity contribution in [2.45, 2.75) is 33.2 Å². The number of urea groups is 1. The largest absolute Gasteiger partial charge is 0.338 e. The molecule has 1 heterocycles. The fourth-order valence-corrected chi connectivity index (χ4v) is 2.31. The van der Waals surface area contributed by atoms with Crippen LogP contribution in [0.5, 0.6) is 0 Å². The second-order valence-electron chi connectivity index (χ2n) is 4.72. The fourth-order valence-electron chi connectivity index (χ4n) is 1.49. The van der Waals surface area contributed by atoms with Gasteiger partial charge in [-0.05, 0) is 30.7 Å². The molecular weight excluding hydrogens is 232 g/mol. The summed E-state index contributed by atoms with van der Waals surface area (Å²) in [6, 6.07) is 4.22. The number of nitrogens with one attached hydrogen (secondary N) is 1. The molecule has 17 heavy (non-hydrogen) atoms. The Hall–Kier alpha value is -1.03. The first-order chi connectivity index (χ1) is 8.02. The number of hydrogen-bond donors (Lipinski definition) is 1. The Balaban J connectivity index is 2.41. The lowest BCUT2D eigenvalue weighted by atomic mass is 10.1. The molecule has 1 aromatic rings. The van der Waals surface area contributed by atoms with E-state index in [4.69, 9.17) is 0 Å². The standard InChI is InChI=1S/C13H22N2OS/c1-10(2)7-8-14-13(16)15(4)11(3)12-6-5-9-17-12/h5-6,9-11H,7-8H2,1-4H3,(H,14,16). The van der Waals surface area contributed by atoms with Crippen molar-refractivity contribution >= 4 is 17.4 Å². The van der Waals surface area contributed by atoms with E-state index in [1.54, 1.807) is 16.2 Å². The van der Waals surface area contributed by atoms with Gasteiger partial charge in [-0.25, -0.2) is 4.79 Å². The molecule has 1 unspecified atom stereocenters. The Morgan fingerprint density at radius 3 is 2.71 bits per heavy atom. The van der Waals surface area contributed by atoms with Crippen LogP contribution in [-0.4, -0.2) is 24.5 Å². The number of amides is 2. The highest BCUT2D eigenvalue weighted by molar-refractivity contribution is 7.10. The van der Waals surface area contributed by atoms with Crippen molar-refractivity contribution < 1.29 is 4.79 Å². The van der Waals surface area contributed by atoms with Gasteiger partial charge in [0.25, 0.3) is 0 Å². The minimum absolute atomic E-state index is 0.00606. The van der Waals surface area contributed by atoms with Crippen molar-refractivity contribution in [3.05, 3.63) is 22.4 Å². The maximum absolute atomic E-state index is 11.9. The third-order valence-electron chi connectivity index (χ3n) is 2.85. The van der Waals surface area contributed by atoms with Crippen LogP contribution >= 0.6 is 11.3 Å². The molecule has 96 valence electrons. The van der Waals surface area contributed by atoms with Crippen LogP contribution in [0.1, 0.15) is 38.1 Å². The van der Waals surface area contributed by atoms with E-state index in [0.29, 0.717) is 5.92 Å². The van der Waals surface area contributed by atoms with Crippen LogP contribution in [0.3, 0.4) is 0 Å². The van der Waals surface area contributed by atoms with E-state index < -0.39 is 0 Å². The molecule has 1 aromatic heterocycles. The van der Waals surface area contributed by atoms with Crippen molar-refractivity contribution in [3.63, 3.8) is 0 Å². The molecule has 4 heteroatoms. The highest BCUT2D eigenvalue weighted by Crippen LogP contribution is 2.23. The first-order valence-corrected chi connectivity index (χ1v) is 6.94. The van der Waals surface area contributed by atoms with Gasteiger partial charge in [-0.2, -0.15) is 0 Å². The molecule has 1 rings (SSSR count). The zero-order chi connectivity index (χ0) is 12.8. The SMILES string of the molecule is CC(C)CCNC(=O)N(C)C(C)c1cccs1. The first-order valence-electron chi connectivity index (χ1n) is 6.06. The second kappa shape index (κ2) is 6.64. The molecule has 0 bridgehead atoms. The molecule has 0 fully saturated rings. The van der Waals surface area contributed by atoms with E-state index >= 15 is 0 Å². The Labute approximate surface area is 108 Å². The highest BCUT2D eigenvalue weighted by Gasteiger charge is 2.17. The normalized spacial score (nSPS) is 12.5. The van der Waals surface area contributed by atoms with Gasteiger partial charge in [0.05, 0.1) is 6.04 Å². The number of nitrogens with zero attached hydrogens (tertiary/aromatic N) is 1. The average Bonchev–Trinajstić information content (AvgIpc) is 2.79. The van der Waals surface area contributed by atoms with Gasteiger partial charge in [-0.15, -0.1) is 11.3 Å². The number of thiophene rings is 1. The van der Waals surface area contributed by atoms with Crippen molar-refractivity contribution in [1.82, 2.24) is 10.2 Å². The maximum Gasteiger partial charge on any atom is 0.317 e. The van der Waals surface area contributed by atoms with Gasteiger partial charge in [0.1, 0.15) is 0 Å². The Bertz CT molecular complexity index is 335. The molecule has 0 radical (unpaired) electrons. The van der Waals surface area contributed by atoms with Crippen molar-refractivity contribution in [2.24, 2.45) is 5.92 Å². The summed E-state index contributed by atoms with van der Waals surface area (Å²) in [4.78, 5) is 14.9. The van der Waals surface area contributed by atoms with Crippen molar-refractivity contribution in [1.29, 1.82) is 0 Å². The molecule has 1 atom stereocenters. The van der Waals surface area contributed by atoms with E-state index in [9.17, 15) is 4.79 Å². The van der Waals surface area contributed by atoms with Crippen LogP contribution in [0.2, 0.25) is 0 Å². The summed E-state index contributed by atoms with van der Waals surface area (Å²) in [5, 5.41) is 4.99. The Kier molecular flexibility index (Phi) is 5.48. The van der Waals surface area contributed by atoms with E-state index in [1.807, 2.05) is 25.4 Å². The molecule has 0 aliphatic rings. The van der Waals surface area contributed by atoms with Crippen molar-refractivity contribution in [3.8, 4) is 0 Å². The number of carbonyl (C=O) groups excluding carboxylic acids is 1. The first kappa shape index (κ1) is 14.0. The predicted molar refractivity (Wildman–Crippen MR) is 73.4 cm³/mol. The summed E-state index contributed by atoms with van der Waals surface area (Å²) in [6.45, 7) is 7.11.